The van der Waals surface area contributed by atoms with E-state index in [1.54, 1.807) is 0 Å². The Morgan fingerprint density at radius 2 is 2.23 bits per heavy atom. The maximum absolute atomic E-state index is 12.3. The molecule has 0 bridgehead atoms. The number of likely N-dealkylation sites (tertiary alicyclic amines) is 1. The molecule has 3 rings (SSSR count). The number of likely N-dealkylation sites (N-methyl/N-ethyl adjacent to an activating group) is 1. The average molecular weight is 387 g/mol. The predicted molar refractivity (Wildman–Crippen MR) is 102 cm³/mol. The Balaban J connectivity index is 0.00000243. The Hall–Kier alpha value is -1.38. The second-order valence-corrected chi connectivity index (χ2v) is 7.56. The highest BCUT2D eigenvalue weighted by Crippen LogP contribution is 2.27. The molecule has 2 fully saturated rings. The van der Waals surface area contributed by atoms with E-state index in [0.717, 1.165) is 44.8 Å². The van der Waals surface area contributed by atoms with Crippen molar-refractivity contribution in [2.24, 2.45) is 5.92 Å². The van der Waals surface area contributed by atoms with Gasteiger partial charge in [-0.25, -0.2) is 4.79 Å². The number of amides is 2. The molecular weight excluding hydrogens is 356 g/mol. The highest BCUT2D eigenvalue weighted by atomic mass is 35.5. The smallest absolute Gasteiger partial charge is 0.317 e. The molecule has 0 aromatic carbocycles. The van der Waals surface area contributed by atoms with Gasteiger partial charge in [-0.3, -0.25) is 4.90 Å². The fourth-order valence-electron chi connectivity index (χ4n) is 3.41. The van der Waals surface area contributed by atoms with Crippen LogP contribution in [0.3, 0.4) is 0 Å². The number of urea groups is 1. The Labute approximate surface area is 161 Å². The molecule has 2 amide bonds. The molecule has 0 spiro atoms. The monoisotopic (exact) mass is 386 g/mol. The van der Waals surface area contributed by atoms with E-state index in [-0.39, 0.29) is 30.4 Å². The number of nitrogens with one attached hydrogen (secondary N) is 2. The predicted octanol–water partition coefficient (Wildman–Crippen LogP) is 1.61. The van der Waals surface area contributed by atoms with Crippen molar-refractivity contribution in [1.82, 2.24) is 30.6 Å². The lowest BCUT2D eigenvalue weighted by Crippen LogP contribution is -2.46. The molecule has 148 valence electrons. The summed E-state index contributed by atoms with van der Waals surface area (Å²) in [5, 5.41) is 10.6. The molecule has 1 aromatic heterocycles. The van der Waals surface area contributed by atoms with Crippen molar-refractivity contribution in [3.05, 3.63) is 11.7 Å². The van der Waals surface area contributed by atoms with E-state index in [1.165, 1.54) is 0 Å². The number of carbonyl (C=O) groups is 1. The first-order valence-corrected chi connectivity index (χ1v) is 9.32. The SMILES string of the molecule is CC(C)CNC(=O)N1CCCC(c2nc(C3CNCCN3C)no2)C1.Cl. The highest BCUT2D eigenvalue weighted by molar-refractivity contribution is 5.85. The molecule has 8 nitrogen and oxygen atoms in total. The van der Waals surface area contributed by atoms with Crippen LogP contribution in [0.15, 0.2) is 4.52 Å². The van der Waals surface area contributed by atoms with Crippen molar-refractivity contribution in [3.63, 3.8) is 0 Å². The average Bonchev–Trinajstić information content (AvgIpc) is 3.10. The molecule has 2 aliphatic heterocycles. The molecule has 2 saturated heterocycles. The Kier molecular flexibility index (Phi) is 7.67. The van der Waals surface area contributed by atoms with Gasteiger partial charge in [-0.2, -0.15) is 4.98 Å². The lowest BCUT2D eigenvalue weighted by atomic mass is 9.98. The normalized spacial score (nSPS) is 24.4. The first kappa shape index (κ1) is 20.9. The van der Waals surface area contributed by atoms with E-state index in [0.29, 0.717) is 24.9 Å². The van der Waals surface area contributed by atoms with Gasteiger partial charge in [0.05, 0.1) is 12.0 Å². The van der Waals surface area contributed by atoms with Gasteiger partial charge in [0, 0.05) is 39.3 Å². The van der Waals surface area contributed by atoms with Gasteiger partial charge in [0.15, 0.2) is 5.82 Å². The molecule has 9 heteroatoms. The number of hydrogen-bond acceptors (Lipinski definition) is 6. The Morgan fingerprint density at radius 1 is 1.42 bits per heavy atom. The van der Waals surface area contributed by atoms with E-state index in [4.69, 9.17) is 4.52 Å². The van der Waals surface area contributed by atoms with Gasteiger partial charge in [0.1, 0.15) is 0 Å². The van der Waals surface area contributed by atoms with Gasteiger partial charge in [-0.05, 0) is 25.8 Å². The molecule has 0 saturated carbocycles. The third-order valence-electron chi connectivity index (χ3n) is 4.99. The zero-order chi connectivity index (χ0) is 17.8. The van der Waals surface area contributed by atoms with Crippen LogP contribution in [0.4, 0.5) is 4.79 Å². The summed E-state index contributed by atoms with van der Waals surface area (Å²) in [7, 11) is 2.09. The number of piperidine rings is 1. The summed E-state index contributed by atoms with van der Waals surface area (Å²) in [4.78, 5) is 21.1. The Bertz CT molecular complexity index is 581. The Morgan fingerprint density at radius 3 is 2.96 bits per heavy atom. The lowest BCUT2D eigenvalue weighted by molar-refractivity contribution is 0.170. The molecule has 1 aromatic rings. The maximum atomic E-state index is 12.3. The minimum absolute atomic E-state index is 0. The molecule has 3 heterocycles. The van der Waals surface area contributed by atoms with Crippen molar-refractivity contribution in [2.45, 2.75) is 38.6 Å². The van der Waals surface area contributed by atoms with Gasteiger partial charge < -0.3 is 20.1 Å². The van der Waals surface area contributed by atoms with Gasteiger partial charge in [0.2, 0.25) is 5.89 Å². The van der Waals surface area contributed by atoms with Crippen LogP contribution in [0.2, 0.25) is 0 Å². The maximum Gasteiger partial charge on any atom is 0.317 e. The summed E-state index contributed by atoms with van der Waals surface area (Å²) in [5.74, 6) is 1.98. The first-order chi connectivity index (χ1) is 12.0. The summed E-state index contributed by atoms with van der Waals surface area (Å²) in [5.41, 5.74) is 0. The number of nitrogens with zero attached hydrogens (tertiary/aromatic N) is 4. The van der Waals surface area contributed by atoms with Crippen molar-refractivity contribution in [3.8, 4) is 0 Å². The third-order valence-corrected chi connectivity index (χ3v) is 4.99. The third kappa shape index (κ3) is 5.08. The summed E-state index contributed by atoms with van der Waals surface area (Å²) in [6.07, 6.45) is 1.94. The number of hydrogen-bond donors (Lipinski definition) is 2. The fourth-order valence-corrected chi connectivity index (χ4v) is 3.41. The van der Waals surface area contributed by atoms with Gasteiger partial charge in [-0.1, -0.05) is 19.0 Å². The summed E-state index contributed by atoms with van der Waals surface area (Å²) in [6.45, 7) is 9.12. The molecule has 0 radical (unpaired) electrons. The van der Waals surface area contributed by atoms with E-state index in [2.05, 4.69) is 46.6 Å². The zero-order valence-corrected chi connectivity index (χ0v) is 16.7. The standard InChI is InChI=1S/C17H30N6O2.ClH/c1-12(2)9-19-17(24)23-7-4-5-13(11-23)16-20-15(21-25-16)14-10-18-6-8-22(14)3;/h12-14,18H,4-11H2,1-3H3,(H,19,24);1H. The molecular formula is C17H31ClN6O2. The number of aromatic nitrogens is 2. The number of piperazine rings is 1. The van der Waals surface area contributed by atoms with Crippen LogP contribution >= 0.6 is 12.4 Å². The van der Waals surface area contributed by atoms with E-state index >= 15 is 0 Å². The van der Waals surface area contributed by atoms with E-state index in [1.807, 2.05) is 4.90 Å². The first-order valence-electron chi connectivity index (χ1n) is 9.32. The largest absolute Gasteiger partial charge is 0.339 e. The summed E-state index contributed by atoms with van der Waals surface area (Å²) >= 11 is 0. The van der Waals surface area contributed by atoms with Crippen molar-refractivity contribution in [2.75, 3.05) is 46.3 Å². The number of carbonyl (C=O) groups excluding carboxylic acids is 1. The highest BCUT2D eigenvalue weighted by Gasteiger charge is 2.31. The van der Waals surface area contributed by atoms with Crippen LogP contribution in [-0.4, -0.2) is 72.3 Å². The van der Waals surface area contributed by atoms with Gasteiger partial charge in [-0.15, -0.1) is 12.4 Å². The topological polar surface area (TPSA) is 86.5 Å². The number of halogens is 1. The molecule has 2 N–H and O–H groups in total. The molecule has 2 atom stereocenters. The van der Waals surface area contributed by atoms with Crippen molar-refractivity contribution in [1.29, 1.82) is 0 Å². The van der Waals surface area contributed by atoms with E-state index < -0.39 is 0 Å². The minimum Gasteiger partial charge on any atom is -0.339 e. The van der Waals surface area contributed by atoms with Crippen LogP contribution < -0.4 is 10.6 Å². The van der Waals surface area contributed by atoms with Crippen LogP contribution in [0, 0.1) is 5.92 Å². The minimum atomic E-state index is 0. The summed E-state index contributed by atoms with van der Waals surface area (Å²) in [6, 6.07) is 0.162. The van der Waals surface area contributed by atoms with Crippen molar-refractivity contribution < 1.29 is 9.32 Å². The van der Waals surface area contributed by atoms with Gasteiger partial charge >= 0.3 is 6.03 Å². The van der Waals surface area contributed by atoms with Gasteiger partial charge in [0.25, 0.3) is 0 Å². The van der Waals surface area contributed by atoms with Crippen molar-refractivity contribution >= 4 is 18.4 Å². The van der Waals surface area contributed by atoms with Crippen LogP contribution in [0.25, 0.3) is 0 Å². The second kappa shape index (κ2) is 9.53. The number of rotatable bonds is 4. The summed E-state index contributed by atoms with van der Waals surface area (Å²) < 4.78 is 5.56. The van der Waals surface area contributed by atoms with Crippen LogP contribution in [0.5, 0.6) is 0 Å². The van der Waals surface area contributed by atoms with Crippen LogP contribution in [-0.2, 0) is 0 Å². The molecule has 0 aliphatic carbocycles. The van der Waals surface area contributed by atoms with Crippen LogP contribution in [0.1, 0.15) is 50.4 Å². The molecule has 2 aliphatic rings. The quantitative estimate of drug-likeness (QED) is 0.817. The second-order valence-electron chi connectivity index (χ2n) is 7.56. The lowest BCUT2D eigenvalue weighted by Gasteiger charge is -2.31. The van der Waals surface area contributed by atoms with E-state index in [9.17, 15) is 4.79 Å². The zero-order valence-electron chi connectivity index (χ0n) is 15.9. The molecule has 26 heavy (non-hydrogen) atoms. The molecule has 2 unspecified atom stereocenters. The fraction of sp³-hybridized carbons (Fsp3) is 0.824.